The number of carbonyl (C=O) groups excluding carboxylic acids is 3. The van der Waals surface area contributed by atoms with E-state index in [4.69, 9.17) is 4.74 Å². The molecule has 5 rings (SSSR count). The van der Waals surface area contributed by atoms with E-state index in [9.17, 15) is 18.8 Å². The van der Waals surface area contributed by atoms with Gasteiger partial charge in [0.25, 0.3) is 0 Å². The van der Waals surface area contributed by atoms with Crippen LogP contribution in [0.3, 0.4) is 0 Å². The lowest BCUT2D eigenvalue weighted by Gasteiger charge is -2.35. The van der Waals surface area contributed by atoms with Crippen molar-refractivity contribution in [2.75, 3.05) is 11.9 Å². The molecule has 3 amide bonds. The van der Waals surface area contributed by atoms with Crippen molar-refractivity contribution in [3.8, 4) is 0 Å². The maximum atomic E-state index is 13.9. The smallest absolute Gasteiger partial charge is 0.246 e. The molecule has 36 heavy (non-hydrogen) atoms. The summed E-state index contributed by atoms with van der Waals surface area (Å²) in [5, 5.41) is 6.04. The van der Waals surface area contributed by atoms with E-state index >= 15 is 0 Å². The number of amides is 3. The predicted octanol–water partition coefficient (Wildman–Crippen LogP) is 3.80. The van der Waals surface area contributed by atoms with Gasteiger partial charge in [0.2, 0.25) is 17.7 Å². The normalized spacial score (nSPS) is 33.3. The molecule has 194 valence electrons. The van der Waals surface area contributed by atoms with Crippen molar-refractivity contribution in [3.63, 3.8) is 0 Å². The lowest BCUT2D eigenvalue weighted by molar-refractivity contribution is -0.144. The second-order valence-corrected chi connectivity index (χ2v) is 11.4. The van der Waals surface area contributed by atoms with Crippen LogP contribution in [0.5, 0.6) is 0 Å². The predicted molar refractivity (Wildman–Crippen MR) is 133 cm³/mol. The maximum Gasteiger partial charge on any atom is 0.246 e. The van der Waals surface area contributed by atoms with E-state index in [1.807, 2.05) is 12.2 Å². The number of fused-ring (bicyclic) bond motifs is 1. The van der Waals surface area contributed by atoms with Gasteiger partial charge < -0.3 is 20.3 Å². The Morgan fingerprint density at radius 3 is 2.47 bits per heavy atom. The second kappa shape index (κ2) is 9.29. The number of benzene rings is 1. The molecule has 2 N–H and O–H groups in total. The number of ether oxygens (including phenoxy) is 1. The second-order valence-electron chi connectivity index (χ2n) is 11.4. The van der Waals surface area contributed by atoms with Gasteiger partial charge in [-0.1, -0.05) is 45.3 Å². The molecule has 3 fully saturated rings. The summed E-state index contributed by atoms with van der Waals surface area (Å²) in [6, 6.07) is 4.80. The Balaban J connectivity index is 1.46. The summed E-state index contributed by atoms with van der Waals surface area (Å²) in [6.45, 7) is 6.39. The maximum absolute atomic E-state index is 13.9. The molecular weight excluding hydrogens is 461 g/mol. The van der Waals surface area contributed by atoms with Crippen molar-refractivity contribution in [2.45, 2.75) is 82.6 Å². The molecule has 3 aliphatic heterocycles. The van der Waals surface area contributed by atoms with Crippen LogP contribution < -0.4 is 10.6 Å². The number of anilines is 1. The number of rotatable bonds is 7. The van der Waals surface area contributed by atoms with Crippen LogP contribution >= 0.6 is 0 Å². The average molecular weight is 498 g/mol. The van der Waals surface area contributed by atoms with Gasteiger partial charge in [-0.05, 0) is 56.4 Å². The van der Waals surface area contributed by atoms with Crippen LogP contribution in [0.1, 0.15) is 59.3 Å². The van der Waals surface area contributed by atoms with Crippen LogP contribution in [0.2, 0.25) is 0 Å². The molecule has 1 spiro atoms. The van der Waals surface area contributed by atoms with E-state index in [2.05, 4.69) is 24.5 Å². The first-order valence-electron chi connectivity index (χ1n) is 13.2. The Labute approximate surface area is 211 Å². The summed E-state index contributed by atoms with van der Waals surface area (Å²) in [7, 11) is 0. The molecule has 2 bridgehead atoms. The quantitative estimate of drug-likeness (QED) is 0.561. The molecule has 2 saturated heterocycles. The fraction of sp³-hybridized carbons (Fsp3) is 0.607. The minimum Gasteiger partial charge on any atom is -0.356 e. The molecule has 0 unspecified atom stereocenters. The molecule has 8 heteroatoms. The lowest BCUT2D eigenvalue weighted by Crippen LogP contribution is -2.56. The number of likely N-dealkylation sites (tertiary alicyclic amines) is 1. The van der Waals surface area contributed by atoms with E-state index in [0.717, 1.165) is 32.1 Å². The fourth-order valence-corrected chi connectivity index (χ4v) is 6.55. The summed E-state index contributed by atoms with van der Waals surface area (Å²) in [5.74, 6) is -2.45. The zero-order valence-electron chi connectivity index (χ0n) is 21.3. The molecule has 1 aromatic carbocycles. The van der Waals surface area contributed by atoms with Gasteiger partial charge >= 0.3 is 0 Å². The number of hydrogen-bond donors (Lipinski definition) is 2. The molecule has 0 radical (unpaired) electrons. The highest BCUT2D eigenvalue weighted by Gasteiger charge is 2.76. The van der Waals surface area contributed by atoms with Gasteiger partial charge in [-0.3, -0.25) is 14.4 Å². The van der Waals surface area contributed by atoms with Crippen LogP contribution in [-0.4, -0.2) is 52.5 Å². The van der Waals surface area contributed by atoms with Crippen LogP contribution in [0.25, 0.3) is 0 Å². The first-order valence-corrected chi connectivity index (χ1v) is 13.2. The number of halogens is 1. The molecule has 0 aromatic heterocycles. The largest absolute Gasteiger partial charge is 0.356 e. The van der Waals surface area contributed by atoms with Crippen LogP contribution in [0.4, 0.5) is 10.1 Å². The highest BCUT2D eigenvalue weighted by atomic mass is 19.1. The van der Waals surface area contributed by atoms with E-state index in [1.54, 1.807) is 11.8 Å². The Kier molecular flexibility index (Phi) is 6.43. The van der Waals surface area contributed by atoms with Gasteiger partial charge in [0.15, 0.2) is 0 Å². The molecule has 5 atom stereocenters. The standard InChI is InChI=1S/C28H36FN3O4/c1-17(2)13-16-32-23(25(34)31-19-7-5-4-6-8-19)28-15-14-27(3,36-28)21(22(28)26(32)35)24(33)30-20-11-9-18(29)10-12-20/h9-12,14-15,17,19,21-23H,4-8,13,16H2,1-3H3,(H,30,33)(H,31,34)/t21-,22-,23+,27-,28+/m1/s1. The fourth-order valence-electron chi connectivity index (χ4n) is 6.55. The third-order valence-corrected chi connectivity index (χ3v) is 8.34. The van der Waals surface area contributed by atoms with Crippen molar-refractivity contribution in [1.29, 1.82) is 0 Å². The van der Waals surface area contributed by atoms with Crippen molar-refractivity contribution in [3.05, 3.63) is 42.2 Å². The summed E-state index contributed by atoms with van der Waals surface area (Å²) < 4.78 is 19.9. The highest BCUT2D eigenvalue weighted by molar-refractivity contribution is 6.03. The minimum atomic E-state index is -1.19. The van der Waals surface area contributed by atoms with Gasteiger partial charge in [-0.25, -0.2) is 4.39 Å². The molecule has 3 heterocycles. The highest BCUT2D eigenvalue weighted by Crippen LogP contribution is 2.59. The number of nitrogens with one attached hydrogen (secondary N) is 2. The summed E-state index contributed by atoms with van der Waals surface area (Å²) in [5.41, 5.74) is -1.76. The Bertz CT molecular complexity index is 1070. The van der Waals surface area contributed by atoms with Crippen LogP contribution in [0.15, 0.2) is 36.4 Å². The van der Waals surface area contributed by atoms with Gasteiger partial charge in [-0.2, -0.15) is 0 Å². The number of hydrogen-bond acceptors (Lipinski definition) is 4. The summed E-state index contributed by atoms with van der Waals surface area (Å²) in [6.07, 6.45) is 9.64. The Morgan fingerprint density at radius 1 is 1.11 bits per heavy atom. The van der Waals surface area contributed by atoms with Crippen molar-refractivity contribution >= 4 is 23.4 Å². The summed E-state index contributed by atoms with van der Waals surface area (Å²) >= 11 is 0. The molecule has 1 saturated carbocycles. The monoisotopic (exact) mass is 497 g/mol. The SMILES string of the molecule is CC(C)CCN1C(=O)[C@H]2[C@H](C(=O)Nc3ccc(F)cc3)[C@@]3(C)C=C[C@@]2(O3)[C@@H]1C(=O)NC1CCCCC1. The van der Waals surface area contributed by atoms with Crippen molar-refractivity contribution in [1.82, 2.24) is 10.2 Å². The van der Waals surface area contributed by atoms with Crippen LogP contribution in [-0.2, 0) is 19.1 Å². The van der Waals surface area contributed by atoms with Crippen molar-refractivity contribution < 1.29 is 23.5 Å². The topological polar surface area (TPSA) is 87.7 Å². The lowest BCUT2D eigenvalue weighted by atomic mass is 9.70. The molecule has 1 aromatic rings. The van der Waals surface area contributed by atoms with E-state index < -0.39 is 34.9 Å². The molecule has 7 nitrogen and oxygen atoms in total. The third-order valence-electron chi connectivity index (χ3n) is 8.34. The average Bonchev–Trinajstić information content (AvgIpc) is 3.40. The number of carbonyl (C=O) groups is 3. The first-order chi connectivity index (χ1) is 17.1. The molecule has 4 aliphatic rings. The first kappa shape index (κ1) is 24.9. The third kappa shape index (κ3) is 4.13. The zero-order valence-corrected chi connectivity index (χ0v) is 21.3. The Hall–Kier alpha value is -2.74. The van der Waals surface area contributed by atoms with E-state index in [-0.39, 0.29) is 23.8 Å². The zero-order chi connectivity index (χ0) is 25.7. The van der Waals surface area contributed by atoms with Gasteiger partial charge in [0.05, 0.1) is 17.4 Å². The van der Waals surface area contributed by atoms with Gasteiger partial charge in [-0.15, -0.1) is 0 Å². The minimum absolute atomic E-state index is 0.0968. The number of nitrogens with zero attached hydrogens (tertiary/aromatic N) is 1. The van der Waals surface area contributed by atoms with E-state index in [1.165, 1.54) is 30.7 Å². The molecular formula is C28H36FN3O4. The van der Waals surface area contributed by atoms with Crippen LogP contribution in [0, 0.1) is 23.6 Å². The van der Waals surface area contributed by atoms with Crippen molar-refractivity contribution in [2.24, 2.45) is 17.8 Å². The summed E-state index contributed by atoms with van der Waals surface area (Å²) in [4.78, 5) is 42.9. The molecule has 1 aliphatic carbocycles. The van der Waals surface area contributed by atoms with E-state index in [0.29, 0.717) is 18.2 Å². The van der Waals surface area contributed by atoms with Gasteiger partial charge in [0.1, 0.15) is 17.5 Å². The Morgan fingerprint density at radius 2 is 1.81 bits per heavy atom. The van der Waals surface area contributed by atoms with Gasteiger partial charge in [0, 0.05) is 18.3 Å².